The largest absolute Gasteiger partial charge is 0.451 e. The molecule has 0 aliphatic carbocycles. The molecule has 3 N–H and O–H groups in total. The first kappa shape index (κ1) is 23.3. The number of aromatic nitrogens is 1. The number of hydrogen-bond acceptors (Lipinski definition) is 8. The maximum Gasteiger partial charge on any atom is 0.206 e. The molecule has 2 atom stereocenters. The first-order valence-corrected chi connectivity index (χ1v) is 10.9. The van der Waals surface area contributed by atoms with E-state index in [4.69, 9.17) is 10.00 Å². The number of halogens is 2. The summed E-state index contributed by atoms with van der Waals surface area (Å²) in [5.74, 6) is -2.54. The number of aliphatic hydroxyl groups is 2. The number of nitrogens with one attached hydrogen (secondary N) is 1. The summed E-state index contributed by atoms with van der Waals surface area (Å²) in [6.45, 7) is 1.92. The molecule has 0 saturated carbocycles. The van der Waals surface area contributed by atoms with Crippen LogP contribution in [0.1, 0.15) is 5.56 Å². The first-order valence-electron chi connectivity index (χ1n) is 10.9. The Bertz CT molecular complexity index is 1520. The van der Waals surface area contributed by atoms with Crippen molar-refractivity contribution in [1.82, 2.24) is 10.3 Å². The van der Waals surface area contributed by atoms with Crippen LogP contribution in [0.15, 0.2) is 71.8 Å². The number of anilines is 1. The lowest BCUT2D eigenvalue weighted by Gasteiger charge is -2.32. The van der Waals surface area contributed by atoms with Gasteiger partial charge in [0.15, 0.2) is 29.3 Å². The van der Waals surface area contributed by atoms with Gasteiger partial charge in [-0.15, -0.1) is 0 Å². The Morgan fingerprint density at radius 2 is 1.75 bits per heavy atom. The number of aryl methyl sites for hydroxylation is 1. The monoisotopic (exact) mass is 487 g/mol. The zero-order valence-electron chi connectivity index (χ0n) is 18.9. The van der Waals surface area contributed by atoms with Crippen molar-refractivity contribution in [3.8, 4) is 28.8 Å². The van der Waals surface area contributed by atoms with Crippen molar-refractivity contribution in [1.29, 1.82) is 5.26 Å². The second kappa shape index (κ2) is 9.31. The summed E-state index contributed by atoms with van der Waals surface area (Å²) >= 11 is 0. The SMILES string of the molecule is Cc1cc(-c2ccccc2)nc2ccc(Oc3c(F)cc(N4N=C(C#N)C(O)NC4O)cc3F)cc12. The molecule has 1 aliphatic heterocycles. The molecular formula is C26H19F2N5O3. The summed E-state index contributed by atoms with van der Waals surface area (Å²) in [6.07, 6.45) is -3.12. The van der Waals surface area contributed by atoms with Crippen LogP contribution in [0.2, 0.25) is 0 Å². The van der Waals surface area contributed by atoms with E-state index in [1.54, 1.807) is 24.3 Å². The van der Waals surface area contributed by atoms with E-state index in [1.807, 2.05) is 43.3 Å². The van der Waals surface area contributed by atoms with E-state index < -0.39 is 30.0 Å². The van der Waals surface area contributed by atoms with E-state index in [0.717, 1.165) is 39.3 Å². The molecular weight excluding hydrogens is 468 g/mol. The van der Waals surface area contributed by atoms with E-state index in [9.17, 15) is 19.0 Å². The van der Waals surface area contributed by atoms with Crippen molar-refractivity contribution in [3.05, 3.63) is 83.9 Å². The number of fused-ring (bicyclic) bond motifs is 1. The Labute approximate surface area is 204 Å². The molecule has 1 aromatic heterocycles. The van der Waals surface area contributed by atoms with Crippen LogP contribution in [0.3, 0.4) is 0 Å². The molecule has 0 amide bonds. The van der Waals surface area contributed by atoms with Crippen molar-refractivity contribution < 1.29 is 23.7 Å². The Morgan fingerprint density at radius 1 is 1.03 bits per heavy atom. The van der Waals surface area contributed by atoms with Crippen molar-refractivity contribution in [2.45, 2.75) is 19.5 Å². The summed E-state index contributed by atoms with van der Waals surface area (Å²) in [6, 6.07) is 20.1. The zero-order valence-corrected chi connectivity index (χ0v) is 18.9. The average Bonchev–Trinajstić information content (AvgIpc) is 2.87. The van der Waals surface area contributed by atoms with Gasteiger partial charge in [-0.3, -0.25) is 0 Å². The minimum absolute atomic E-state index is 0.191. The van der Waals surface area contributed by atoms with Gasteiger partial charge < -0.3 is 14.9 Å². The molecule has 0 bridgehead atoms. The fourth-order valence-electron chi connectivity index (χ4n) is 3.89. The number of benzene rings is 3. The maximum atomic E-state index is 14.9. The predicted molar refractivity (Wildman–Crippen MR) is 129 cm³/mol. The summed E-state index contributed by atoms with van der Waals surface area (Å²) < 4.78 is 35.3. The number of hydrogen-bond donors (Lipinski definition) is 3. The van der Waals surface area contributed by atoms with Crippen molar-refractivity contribution in [3.63, 3.8) is 0 Å². The van der Waals surface area contributed by atoms with Crippen LogP contribution < -0.4 is 15.1 Å². The van der Waals surface area contributed by atoms with Gasteiger partial charge >= 0.3 is 0 Å². The van der Waals surface area contributed by atoms with Gasteiger partial charge in [-0.1, -0.05) is 30.3 Å². The second-order valence-electron chi connectivity index (χ2n) is 8.09. The van der Waals surface area contributed by atoms with E-state index in [-0.39, 0.29) is 17.1 Å². The molecule has 3 aromatic carbocycles. The number of ether oxygens (including phenoxy) is 1. The van der Waals surface area contributed by atoms with Crippen LogP contribution in [0, 0.1) is 29.9 Å². The number of rotatable bonds is 4. The fraction of sp³-hybridized carbons (Fsp3) is 0.115. The van der Waals surface area contributed by atoms with Crippen molar-refractivity contribution in [2.75, 3.05) is 5.01 Å². The standard InChI is InChI=1S/C26H19F2N5O3/c1-14-9-22(15-5-3-2-4-6-15)30-21-8-7-17(12-18(14)21)36-24-19(27)10-16(11-20(24)28)33-26(35)31-25(34)23(13-29)32-33/h2-12,25-26,31,34-35H,1H3. The van der Waals surface area contributed by atoms with E-state index in [0.29, 0.717) is 5.52 Å². The predicted octanol–water partition coefficient (Wildman–Crippen LogP) is 4.16. The highest BCUT2D eigenvalue weighted by atomic mass is 19.1. The van der Waals surface area contributed by atoms with Gasteiger partial charge in [0.05, 0.1) is 16.9 Å². The summed E-state index contributed by atoms with van der Waals surface area (Å²) in [7, 11) is 0. The smallest absolute Gasteiger partial charge is 0.206 e. The van der Waals surface area contributed by atoms with Gasteiger partial charge in [-0.2, -0.15) is 10.4 Å². The number of nitrogens with zero attached hydrogens (tertiary/aromatic N) is 4. The molecule has 0 saturated heterocycles. The van der Waals surface area contributed by atoms with Crippen LogP contribution in [-0.2, 0) is 0 Å². The fourth-order valence-corrected chi connectivity index (χ4v) is 3.89. The lowest BCUT2D eigenvalue weighted by molar-refractivity contribution is 0.0631. The second-order valence-corrected chi connectivity index (χ2v) is 8.09. The molecule has 0 radical (unpaired) electrons. The third-order valence-corrected chi connectivity index (χ3v) is 5.65. The number of aliphatic hydroxyl groups excluding tert-OH is 2. The molecule has 2 unspecified atom stereocenters. The number of hydrazone groups is 1. The summed E-state index contributed by atoms with van der Waals surface area (Å²) in [5, 5.41) is 36.3. The van der Waals surface area contributed by atoms with Crippen molar-refractivity contribution >= 4 is 22.3 Å². The molecule has 10 heteroatoms. The molecule has 0 fully saturated rings. The van der Waals surface area contributed by atoms with Crippen LogP contribution in [0.5, 0.6) is 11.5 Å². The Kier molecular flexibility index (Phi) is 6.03. The van der Waals surface area contributed by atoms with E-state index in [1.165, 1.54) is 0 Å². The Hall–Kier alpha value is -4.43. The third-order valence-electron chi connectivity index (χ3n) is 5.65. The van der Waals surface area contributed by atoms with E-state index >= 15 is 0 Å². The van der Waals surface area contributed by atoms with Gasteiger partial charge in [0.25, 0.3) is 0 Å². The topological polar surface area (TPSA) is 114 Å². The van der Waals surface area contributed by atoms with Crippen LogP contribution in [0.4, 0.5) is 14.5 Å². The molecule has 0 spiro atoms. The molecule has 5 rings (SSSR count). The van der Waals surface area contributed by atoms with E-state index in [2.05, 4.69) is 15.4 Å². The maximum absolute atomic E-state index is 14.9. The minimum Gasteiger partial charge on any atom is -0.451 e. The molecule has 4 aromatic rings. The van der Waals surface area contributed by atoms with Gasteiger partial charge in [-0.25, -0.2) is 24.1 Å². The van der Waals surface area contributed by atoms with Gasteiger partial charge in [0.1, 0.15) is 11.8 Å². The molecule has 36 heavy (non-hydrogen) atoms. The lowest BCUT2D eigenvalue weighted by Crippen LogP contribution is -2.55. The molecule has 8 nitrogen and oxygen atoms in total. The van der Waals surface area contributed by atoms with Crippen LogP contribution >= 0.6 is 0 Å². The average molecular weight is 487 g/mol. The highest BCUT2D eigenvalue weighted by molar-refractivity contribution is 6.02. The van der Waals surface area contributed by atoms with Crippen LogP contribution in [0.25, 0.3) is 22.2 Å². The quantitative estimate of drug-likeness (QED) is 0.396. The first-order chi connectivity index (χ1) is 17.3. The third kappa shape index (κ3) is 4.34. The van der Waals surface area contributed by atoms with Gasteiger partial charge in [0.2, 0.25) is 6.35 Å². The highest BCUT2D eigenvalue weighted by Crippen LogP contribution is 2.34. The zero-order chi connectivity index (χ0) is 25.4. The number of nitriles is 1. The van der Waals surface area contributed by atoms with Gasteiger partial charge in [0, 0.05) is 23.1 Å². The number of pyridine rings is 1. The Morgan fingerprint density at radius 3 is 2.44 bits per heavy atom. The van der Waals surface area contributed by atoms with Crippen LogP contribution in [-0.4, -0.2) is 33.5 Å². The highest BCUT2D eigenvalue weighted by Gasteiger charge is 2.29. The Balaban J connectivity index is 1.45. The van der Waals surface area contributed by atoms with Gasteiger partial charge in [-0.05, 0) is 36.8 Å². The van der Waals surface area contributed by atoms with Crippen molar-refractivity contribution in [2.24, 2.45) is 5.10 Å². The lowest BCUT2D eigenvalue weighted by atomic mass is 10.0. The normalized spacial score (nSPS) is 17.6. The minimum atomic E-state index is -1.61. The molecule has 180 valence electrons. The summed E-state index contributed by atoms with van der Waals surface area (Å²) in [4.78, 5) is 4.69. The summed E-state index contributed by atoms with van der Waals surface area (Å²) in [5.41, 5.74) is 2.84. The molecule has 2 heterocycles. The molecule has 1 aliphatic rings.